The van der Waals surface area contributed by atoms with Gasteiger partial charge in [0.25, 0.3) is 0 Å². The standard InChI is InChI=1S/C13H18O3/c1-3-11(8-13(15)16-2)12-6-4-10(9-14)5-7-12/h4-7,11,14H,3,8-9H2,1-2H3. The second kappa shape index (κ2) is 6.28. The number of hydrogen-bond donors (Lipinski definition) is 1. The summed E-state index contributed by atoms with van der Waals surface area (Å²) in [6.07, 6.45) is 1.30. The van der Waals surface area contributed by atoms with Gasteiger partial charge in [-0.3, -0.25) is 4.79 Å². The van der Waals surface area contributed by atoms with E-state index < -0.39 is 0 Å². The Kier molecular flexibility index (Phi) is 4.99. The molecule has 1 rings (SSSR count). The summed E-state index contributed by atoms with van der Waals surface area (Å²) in [6, 6.07) is 7.69. The van der Waals surface area contributed by atoms with Gasteiger partial charge in [0, 0.05) is 0 Å². The minimum atomic E-state index is -0.182. The van der Waals surface area contributed by atoms with Gasteiger partial charge in [0.05, 0.1) is 20.1 Å². The lowest BCUT2D eigenvalue weighted by Gasteiger charge is -2.14. The molecule has 0 heterocycles. The van der Waals surface area contributed by atoms with Crippen LogP contribution in [-0.2, 0) is 16.1 Å². The molecular formula is C13H18O3. The van der Waals surface area contributed by atoms with Crippen molar-refractivity contribution in [1.29, 1.82) is 0 Å². The van der Waals surface area contributed by atoms with E-state index in [2.05, 4.69) is 4.74 Å². The molecule has 1 aromatic rings. The number of carbonyl (C=O) groups is 1. The van der Waals surface area contributed by atoms with Crippen molar-refractivity contribution in [2.45, 2.75) is 32.3 Å². The highest BCUT2D eigenvalue weighted by molar-refractivity contribution is 5.70. The molecule has 0 saturated carbocycles. The number of esters is 1. The fourth-order valence-corrected chi connectivity index (χ4v) is 1.68. The van der Waals surface area contributed by atoms with Crippen LogP contribution in [0.3, 0.4) is 0 Å². The van der Waals surface area contributed by atoms with Gasteiger partial charge >= 0.3 is 5.97 Å². The van der Waals surface area contributed by atoms with Crippen molar-refractivity contribution < 1.29 is 14.6 Å². The van der Waals surface area contributed by atoms with Gasteiger partial charge in [0.2, 0.25) is 0 Å². The van der Waals surface area contributed by atoms with E-state index in [9.17, 15) is 4.79 Å². The van der Waals surface area contributed by atoms with Crippen molar-refractivity contribution >= 4 is 5.97 Å². The summed E-state index contributed by atoms with van der Waals surface area (Å²) < 4.78 is 4.67. The summed E-state index contributed by atoms with van der Waals surface area (Å²) in [5.41, 5.74) is 2.00. The Morgan fingerprint density at radius 2 is 2.00 bits per heavy atom. The third-order valence-corrected chi connectivity index (χ3v) is 2.77. The highest BCUT2D eigenvalue weighted by Gasteiger charge is 2.14. The number of aliphatic hydroxyl groups excluding tert-OH is 1. The monoisotopic (exact) mass is 222 g/mol. The number of methoxy groups -OCH3 is 1. The highest BCUT2D eigenvalue weighted by atomic mass is 16.5. The van der Waals surface area contributed by atoms with Crippen molar-refractivity contribution in [2.75, 3.05) is 7.11 Å². The zero-order valence-corrected chi connectivity index (χ0v) is 9.77. The van der Waals surface area contributed by atoms with E-state index in [0.717, 1.165) is 17.5 Å². The third kappa shape index (κ3) is 3.35. The molecule has 1 atom stereocenters. The minimum absolute atomic E-state index is 0.0497. The highest BCUT2D eigenvalue weighted by Crippen LogP contribution is 2.23. The molecule has 0 aromatic heterocycles. The summed E-state index contributed by atoms with van der Waals surface area (Å²) in [6.45, 7) is 2.10. The van der Waals surface area contributed by atoms with Crippen molar-refractivity contribution in [3.63, 3.8) is 0 Å². The fourth-order valence-electron chi connectivity index (χ4n) is 1.68. The second-order valence-electron chi connectivity index (χ2n) is 3.79. The van der Waals surface area contributed by atoms with Crippen molar-refractivity contribution in [3.05, 3.63) is 35.4 Å². The third-order valence-electron chi connectivity index (χ3n) is 2.77. The normalized spacial score (nSPS) is 12.2. The van der Waals surface area contributed by atoms with E-state index in [0.29, 0.717) is 6.42 Å². The van der Waals surface area contributed by atoms with Gasteiger partial charge in [-0.25, -0.2) is 0 Å². The number of hydrogen-bond acceptors (Lipinski definition) is 3. The predicted molar refractivity (Wildman–Crippen MR) is 62.0 cm³/mol. The number of rotatable bonds is 5. The Bertz CT molecular complexity index is 330. The lowest BCUT2D eigenvalue weighted by molar-refractivity contribution is -0.141. The summed E-state index contributed by atoms with van der Waals surface area (Å²) >= 11 is 0. The molecule has 3 nitrogen and oxygen atoms in total. The van der Waals surface area contributed by atoms with Crippen molar-refractivity contribution in [3.8, 4) is 0 Å². The van der Waals surface area contributed by atoms with Gasteiger partial charge in [0.15, 0.2) is 0 Å². The topological polar surface area (TPSA) is 46.5 Å². The van der Waals surface area contributed by atoms with Crippen molar-refractivity contribution in [2.24, 2.45) is 0 Å². The van der Waals surface area contributed by atoms with Crippen LogP contribution in [0.25, 0.3) is 0 Å². The van der Waals surface area contributed by atoms with Crippen LogP contribution < -0.4 is 0 Å². The van der Waals surface area contributed by atoms with Gasteiger partial charge < -0.3 is 9.84 Å². The van der Waals surface area contributed by atoms with Crippen LogP contribution in [0.2, 0.25) is 0 Å². The Morgan fingerprint density at radius 1 is 1.38 bits per heavy atom. The van der Waals surface area contributed by atoms with Crippen LogP contribution in [0.1, 0.15) is 36.8 Å². The molecule has 1 N–H and O–H groups in total. The Balaban J connectivity index is 2.74. The first kappa shape index (κ1) is 12.7. The minimum Gasteiger partial charge on any atom is -0.469 e. The van der Waals surface area contributed by atoms with Gasteiger partial charge in [-0.05, 0) is 23.5 Å². The van der Waals surface area contributed by atoms with Gasteiger partial charge in [-0.15, -0.1) is 0 Å². The number of carbonyl (C=O) groups excluding carboxylic acids is 1. The Labute approximate surface area is 96.1 Å². The van der Waals surface area contributed by atoms with Crippen LogP contribution in [0.5, 0.6) is 0 Å². The molecule has 16 heavy (non-hydrogen) atoms. The van der Waals surface area contributed by atoms with Crippen LogP contribution in [0, 0.1) is 0 Å². The van der Waals surface area contributed by atoms with E-state index in [1.165, 1.54) is 7.11 Å². The predicted octanol–water partition coefficient (Wildman–Crippen LogP) is 2.24. The quantitative estimate of drug-likeness (QED) is 0.777. The van der Waals surface area contributed by atoms with Crippen molar-refractivity contribution in [1.82, 2.24) is 0 Å². The molecule has 3 heteroatoms. The second-order valence-corrected chi connectivity index (χ2v) is 3.79. The summed E-state index contributed by atoms with van der Waals surface area (Å²) in [5.74, 6) is 0.0123. The van der Waals surface area contributed by atoms with Crippen LogP contribution >= 0.6 is 0 Å². The molecule has 1 aromatic carbocycles. The number of aliphatic hydroxyl groups is 1. The fraction of sp³-hybridized carbons (Fsp3) is 0.462. The maximum Gasteiger partial charge on any atom is 0.306 e. The lowest BCUT2D eigenvalue weighted by Crippen LogP contribution is -2.08. The maximum absolute atomic E-state index is 11.2. The summed E-state index contributed by atoms with van der Waals surface area (Å²) in [5, 5.41) is 8.93. The molecule has 88 valence electrons. The average Bonchev–Trinajstić information content (AvgIpc) is 2.35. The summed E-state index contributed by atoms with van der Waals surface area (Å²) in [7, 11) is 1.41. The first-order valence-electron chi connectivity index (χ1n) is 5.47. The zero-order valence-electron chi connectivity index (χ0n) is 9.77. The molecule has 0 aliphatic rings. The number of benzene rings is 1. The van der Waals surface area contributed by atoms with E-state index in [1.807, 2.05) is 31.2 Å². The first-order chi connectivity index (χ1) is 7.71. The summed E-state index contributed by atoms with van der Waals surface area (Å²) in [4.78, 5) is 11.2. The maximum atomic E-state index is 11.2. The molecule has 1 unspecified atom stereocenters. The van der Waals surface area contributed by atoms with E-state index >= 15 is 0 Å². The molecular weight excluding hydrogens is 204 g/mol. The molecule has 0 saturated heterocycles. The van der Waals surface area contributed by atoms with Crippen LogP contribution in [-0.4, -0.2) is 18.2 Å². The Morgan fingerprint density at radius 3 is 2.44 bits per heavy atom. The van der Waals surface area contributed by atoms with Gasteiger partial charge in [-0.1, -0.05) is 31.2 Å². The van der Waals surface area contributed by atoms with Crippen LogP contribution in [0.15, 0.2) is 24.3 Å². The lowest BCUT2D eigenvalue weighted by atomic mass is 9.93. The molecule has 0 amide bonds. The average molecular weight is 222 g/mol. The molecule has 0 bridgehead atoms. The first-order valence-corrected chi connectivity index (χ1v) is 5.47. The van der Waals surface area contributed by atoms with Crippen LogP contribution in [0.4, 0.5) is 0 Å². The molecule has 0 radical (unpaired) electrons. The SMILES string of the molecule is CCC(CC(=O)OC)c1ccc(CO)cc1. The van der Waals surface area contributed by atoms with E-state index in [4.69, 9.17) is 5.11 Å². The number of ether oxygens (including phenoxy) is 1. The molecule has 0 spiro atoms. The van der Waals surface area contributed by atoms with Gasteiger partial charge in [0.1, 0.15) is 0 Å². The van der Waals surface area contributed by atoms with Gasteiger partial charge in [-0.2, -0.15) is 0 Å². The zero-order chi connectivity index (χ0) is 12.0. The largest absolute Gasteiger partial charge is 0.469 e. The van der Waals surface area contributed by atoms with E-state index in [-0.39, 0.29) is 18.5 Å². The Hall–Kier alpha value is -1.35. The molecule has 0 aliphatic heterocycles. The van der Waals surface area contributed by atoms with E-state index in [1.54, 1.807) is 0 Å². The smallest absolute Gasteiger partial charge is 0.306 e. The molecule has 0 aliphatic carbocycles. The molecule has 0 fully saturated rings.